The van der Waals surface area contributed by atoms with E-state index in [9.17, 15) is 5.26 Å². The third-order valence-corrected chi connectivity index (χ3v) is 4.53. The van der Waals surface area contributed by atoms with Crippen LogP contribution in [0.25, 0.3) is 22.3 Å². The van der Waals surface area contributed by atoms with Crippen LogP contribution in [0.5, 0.6) is 0 Å². The maximum atomic E-state index is 9.72. The zero-order chi connectivity index (χ0) is 15.8. The van der Waals surface area contributed by atoms with Crippen LogP contribution in [0.1, 0.15) is 30.9 Å². The van der Waals surface area contributed by atoms with Crippen molar-refractivity contribution in [2.24, 2.45) is 5.84 Å². The highest BCUT2D eigenvalue weighted by atomic mass is 15.2. The Kier molecular flexibility index (Phi) is 3.21. The Balaban J connectivity index is 2.01. The van der Waals surface area contributed by atoms with Crippen molar-refractivity contribution < 1.29 is 0 Å². The second kappa shape index (κ2) is 5.38. The van der Waals surface area contributed by atoms with Crippen molar-refractivity contribution in [3.8, 4) is 17.5 Å². The fraction of sp³-hybridized carbons (Fsp3) is 0.235. The van der Waals surface area contributed by atoms with E-state index in [1.54, 1.807) is 12.4 Å². The van der Waals surface area contributed by atoms with E-state index in [0.29, 0.717) is 11.6 Å². The number of hydrazine groups is 1. The number of hydrogen-bond acceptors (Lipinski definition) is 5. The lowest BCUT2D eigenvalue weighted by Crippen LogP contribution is -2.18. The molecular weight excluding hydrogens is 288 g/mol. The van der Waals surface area contributed by atoms with Crippen molar-refractivity contribution in [1.29, 1.82) is 5.26 Å². The molecule has 3 N–H and O–H groups in total. The molecule has 0 radical (unpaired) electrons. The van der Waals surface area contributed by atoms with Gasteiger partial charge in [0.05, 0.1) is 40.5 Å². The van der Waals surface area contributed by atoms with E-state index < -0.39 is 0 Å². The predicted molar refractivity (Wildman–Crippen MR) is 88.4 cm³/mol. The van der Waals surface area contributed by atoms with Crippen LogP contribution in [-0.2, 0) is 0 Å². The number of fused-ring (bicyclic) bond motifs is 1. The number of nitriles is 1. The van der Waals surface area contributed by atoms with Gasteiger partial charge in [-0.3, -0.25) is 15.8 Å². The molecule has 0 saturated heterocycles. The molecule has 3 heterocycles. The number of nitrogens with two attached hydrogens (primary N) is 1. The summed E-state index contributed by atoms with van der Waals surface area (Å²) in [5.74, 6) is 5.41. The molecule has 0 unspecified atom stereocenters. The average molecular weight is 304 g/mol. The molecule has 114 valence electrons. The van der Waals surface area contributed by atoms with Gasteiger partial charge in [-0.25, -0.2) is 0 Å². The summed E-state index contributed by atoms with van der Waals surface area (Å²) in [6, 6.07) is 8.44. The van der Waals surface area contributed by atoms with Crippen LogP contribution >= 0.6 is 0 Å². The molecule has 6 heteroatoms. The van der Waals surface area contributed by atoms with Gasteiger partial charge in [0.2, 0.25) is 0 Å². The molecule has 0 bridgehead atoms. The Morgan fingerprint density at radius 3 is 2.74 bits per heavy atom. The fourth-order valence-electron chi connectivity index (χ4n) is 3.17. The molecule has 0 aliphatic heterocycles. The van der Waals surface area contributed by atoms with Crippen molar-refractivity contribution >= 4 is 16.6 Å². The van der Waals surface area contributed by atoms with Crippen molar-refractivity contribution in [2.75, 3.05) is 5.43 Å². The SMILES string of the molecule is N#Cc1c(-c2ccc(NN)cn2)n(C2CCC2)c2cnccc12. The third-order valence-electron chi connectivity index (χ3n) is 4.53. The summed E-state index contributed by atoms with van der Waals surface area (Å²) in [6.07, 6.45) is 8.71. The van der Waals surface area contributed by atoms with Gasteiger partial charge in [0.1, 0.15) is 6.07 Å². The second-order valence-corrected chi connectivity index (χ2v) is 5.76. The van der Waals surface area contributed by atoms with Gasteiger partial charge in [-0.15, -0.1) is 0 Å². The number of nitrogen functional groups attached to an aromatic ring is 1. The Morgan fingerprint density at radius 1 is 1.26 bits per heavy atom. The summed E-state index contributed by atoms with van der Waals surface area (Å²) in [5, 5.41) is 10.7. The molecule has 4 rings (SSSR count). The van der Waals surface area contributed by atoms with Crippen LogP contribution in [0.4, 0.5) is 5.69 Å². The molecule has 6 nitrogen and oxygen atoms in total. The van der Waals surface area contributed by atoms with Crippen molar-refractivity contribution in [1.82, 2.24) is 14.5 Å². The van der Waals surface area contributed by atoms with E-state index in [2.05, 4.69) is 26.0 Å². The van der Waals surface area contributed by atoms with Crippen LogP contribution < -0.4 is 11.3 Å². The highest BCUT2D eigenvalue weighted by Crippen LogP contribution is 2.41. The van der Waals surface area contributed by atoms with E-state index in [1.165, 1.54) is 6.42 Å². The van der Waals surface area contributed by atoms with E-state index in [1.807, 2.05) is 24.4 Å². The maximum Gasteiger partial charge on any atom is 0.102 e. The molecule has 23 heavy (non-hydrogen) atoms. The summed E-state index contributed by atoms with van der Waals surface area (Å²) in [6.45, 7) is 0. The quantitative estimate of drug-likeness (QED) is 0.573. The van der Waals surface area contributed by atoms with Gasteiger partial charge >= 0.3 is 0 Å². The van der Waals surface area contributed by atoms with Gasteiger partial charge in [-0.05, 0) is 37.5 Å². The lowest BCUT2D eigenvalue weighted by Gasteiger charge is -2.29. The second-order valence-electron chi connectivity index (χ2n) is 5.76. The van der Waals surface area contributed by atoms with Gasteiger partial charge in [-0.2, -0.15) is 5.26 Å². The molecule has 1 aliphatic carbocycles. The fourth-order valence-corrected chi connectivity index (χ4v) is 3.17. The molecule has 3 aromatic rings. The molecule has 0 spiro atoms. The molecule has 0 amide bonds. The van der Waals surface area contributed by atoms with Crippen LogP contribution in [-0.4, -0.2) is 14.5 Å². The largest absolute Gasteiger partial charge is 0.334 e. The smallest absolute Gasteiger partial charge is 0.102 e. The minimum Gasteiger partial charge on any atom is -0.334 e. The number of pyridine rings is 2. The number of nitrogens with zero attached hydrogens (tertiary/aromatic N) is 4. The monoisotopic (exact) mass is 304 g/mol. The first-order chi connectivity index (χ1) is 11.3. The summed E-state index contributed by atoms with van der Waals surface area (Å²) in [4.78, 5) is 8.74. The Morgan fingerprint density at radius 2 is 2.13 bits per heavy atom. The molecule has 1 aliphatic rings. The third kappa shape index (κ3) is 2.05. The molecule has 0 atom stereocenters. The first kappa shape index (κ1) is 13.7. The van der Waals surface area contributed by atoms with Crippen LogP contribution in [0.2, 0.25) is 0 Å². The first-order valence-electron chi connectivity index (χ1n) is 7.64. The lowest BCUT2D eigenvalue weighted by molar-refractivity contribution is 0.324. The van der Waals surface area contributed by atoms with E-state index >= 15 is 0 Å². The Labute approximate surface area is 133 Å². The number of rotatable bonds is 3. The maximum absolute atomic E-state index is 9.72. The van der Waals surface area contributed by atoms with Crippen LogP contribution in [0.15, 0.2) is 36.8 Å². The van der Waals surface area contributed by atoms with Crippen molar-refractivity contribution in [3.05, 3.63) is 42.4 Å². The first-order valence-corrected chi connectivity index (χ1v) is 7.64. The highest BCUT2D eigenvalue weighted by molar-refractivity contribution is 5.93. The number of anilines is 1. The van der Waals surface area contributed by atoms with Crippen LogP contribution in [0, 0.1) is 11.3 Å². The van der Waals surface area contributed by atoms with Gasteiger partial charge in [-0.1, -0.05) is 0 Å². The van der Waals surface area contributed by atoms with Gasteiger partial charge in [0.25, 0.3) is 0 Å². The standard InChI is InChI=1S/C17H16N6/c18-8-14-13-6-7-20-10-16(13)23(12-2-1-3-12)17(14)15-5-4-11(22-19)9-21-15/h4-7,9-10,12,22H,1-3,19H2. The number of aromatic nitrogens is 3. The molecule has 1 saturated carbocycles. The molecule has 3 aromatic heterocycles. The molecule has 1 fully saturated rings. The normalized spacial score (nSPS) is 14.4. The minimum atomic E-state index is 0.410. The van der Waals surface area contributed by atoms with Gasteiger partial charge in [0, 0.05) is 17.6 Å². The summed E-state index contributed by atoms with van der Waals surface area (Å²) < 4.78 is 2.24. The minimum absolute atomic E-state index is 0.410. The summed E-state index contributed by atoms with van der Waals surface area (Å²) in [7, 11) is 0. The van der Waals surface area contributed by atoms with E-state index in [4.69, 9.17) is 5.84 Å². The topological polar surface area (TPSA) is 92.5 Å². The molecule has 0 aromatic carbocycles. The zero-order valence-electron chi connectivity index (χ0n) is 12.5. The zero-order valence-corrected chi connectivity index (χ0v) is 12.5. The number of nitrogens with one attached hydrogen (secondary N) is 1. The van der Waals surface area contributed by atoms with Crippen molar-refractivity contribution in [3.63, 3.8) is 0 Å². The summed E-state index contributed by atoms with van der Waals surface area (Å²) >= 11 is 0. The predicted octanol–water partition coefficient (Wildman–Crippen LogP) is 2.98. The number of hydrogen-bond donors (Lipinski definition) is 2. The van der Waals surface area contributed by atoms with Crippen molar-refractivity contribution in [2.45, 2.75) is 25.3 Å². The lowest BCUT2D eigenvalue weighted by atomic mass is 9.92. The van der Waals surface area contributed by atoms with Gasteiger partial charge < -0.3 is 9.99 Å². The molecular formula is C17H16N6. The Hall–Kier alpha value is -2.91. The van der Waals surface area contributed by atoms with Crippen LogP contribution in [0.3, 0.4) is 0 Å². The summed E-state index contributed by atoms with van der Waals surface area (Å²) in [5.41, 5.74) is 6.64. The Bertz CT molecular complexity index is 899. The van der Waals surface area contributed by atoms with E-state index in [0.717, 1.165) is 40.8 Å². The highest BCUT2D eigenvalue weighted by Gasteiger charge is 2.28. The van der Waals surface area contributed by atoms with Gasteiger partial charge in [0.15, 0.2) is 0 Å². The average Bonchev–Trinajstić information content (AvgIpc) is 2.88. The van der Waals surface area contributed by atoms with E-state index in [-0.39, 0.29) is 0 Å².